The van der Waals surface area contributed by atoms with Crippen LogP contribution in [0.15, 0.2) is 30.3 Å². The third kappa shape index (κ3) is 12.9. The normalized spacial score (nSPS) is 16.8. The van der Waals surface area contributed by atoms with E-state index in [1.54, 1.807) is 7.11 Å². The average Bonchev–Trinajstić information content (AvgIpc) is 3.52. The van der Waals surface area contributed by atoms with Crippen LogP contribution in [0.2, 0.25) is 0 Å². The molecule has 0 saturated heterocycles. The van der Waals surface area contributed by atoms with Crippen LogP contribution in [0.3, 0.4) is 0 Å². The first-order valence-electron chi connectivity index (χ1n) is 16.8. The van der Waals surface area contributed by atoms with E-state index in [9.17, 15) is 4.79 Å². The molecule has 2 aromatic rings. The molecule has 2 atom stereocenters. The first-order chi connectivity index (χ1) is 21.5. The molecule has 0 amide bonds. The topological polar surface area (TPSA) is 90.8 Å². The highest BCUT2D eigenvalue weighted by molar-refractivity contribution is 6.99. The zero-order valence-corrected chi connectivity index (χ0v) is 28.8. The Bertz CT molecular complexity index is 1070. The Morgan fingerprint density at radius 3 is 2.16 bits per heavy atom. The number of esters is 1. The van der Waals surface area contributed by atoms with E-state index >= 15 is 0 Å². The van der Waals surface area contributed by atoms with Crippen molar-refractivity contribution in [1.82, 2.24) is 8.75 Å². The molecule has 3 rings (SSSR count). The number of methoxy groups -OCH3 is 1. The molecule has 2 heterocycles. The van der Waals surface area contributed by atoms with Gasteiger partial charge in [-0.1, -0.05) is 90.6 Å². The van der Waals surface area contributed by atoms with E-state index in [-0.39, 0.29) is 5.97 Å². The van der Waals surface area contributed by atoms with Crippen LogP contribution in [0.5, 0.6) is 11.6 Å². The van der Waals surface area contributed by atoms with Crippen molar-refractivity contribution in [1.29, 1.82) is 0 Å². The molecule has 44 heavy (non-hydrogen) atoms. The van der Waals surface area contributed by atoms with Crippen molar-refractivity contribution < 1.29 is 28.6 Å². The Hall–Kier alpha value is -2.49. The lowest BCUT2D eigenvalue weighted by Gasteiger charge is -2.42. The monoisotopic (exact) mass is 632 g/mol. The summed E-state index contributed by atoms with van der Waals surface area (Å²) in [5, 5.41) is 7.00. The van der Waals surface area contributed by atoms with Crippen LogP contribution in [0.25, 0.3) is 5.57 Å². The van der Waals surface area contributed by atoms with Gasteiger partial charge in [-0.15, -0.1) is 4.37 Å². The number of unbranched alkanes of at least 4 members (excludes halogenated alkanes) is 11. The maximum Gasteiger partial charge on any atom is 0.310 e. The van der Waals surface area contributed by atoms with Crippen molar-refractivity contribution in [3.8, 4) is 11.6 Å². The molecule has 0 aliphatic carbocycles. The number of likely N-dealkylation sites (N-methyl/N-ethyl adjacent to an activating group) is 1. The number of hydrogen-bond acceptors (Lipinski definition) is 8. The lowest BCUT2D eigenvalue weighted by Crippen LogP contribution is -2.51. The van der Waals surface area contributed by atoms with Gasteiger partial charge < -0.3 is 19.3 Å². The number of benzene rings is 1. The molecule has 1 aliphatic heterocycles. The molecular weight excluding hydrogens is 574 g/mol. The van der Waals surface area contributed by atoms with Gasteiger partial charge in [0, 0.05) is 25.5 Å². The summed E-state index contributed by atoms with van der Waals surface area (Å²) in [5.74, 6) is 1.29. The van der Waals surface area contributed by atoms with Gasteiger partial charge >= 0.3 is 5.97 Å². The van der Waals surface area contributed by atoms with Crippen molar-refractivity contribution in [3.63, 3.8) is 0 Å². The number of aromatic nitrogens is 2. The number of hydrogen-bond donors (Lipinski definition) is 1. The molecule has 0 spiro atoms. The molecule has 0 radical (unpaired) electrons. The van der Waals surface area contributed by atoms with E-state index in [0.717, 1.165) is 68.3 Å². The van der Waals surface area contributed by atoms with E-state index in [2.05, 4.69) is 35.7 Å². The highest BCUT2D eigenvalue weighted by Gasteiger charge is 2.40. The zero-order chi connectivity index (χ0) is 32.0. The quantitative estimate of drug-likeness (QED) is 0.0838. The Kier molecular flexibility index (Phi) is 18.9. The Morgan fingerprint density at radius 1 is 0.909 bits per heavy atom. The summed E-state index contributed by atoms with van der Waals surface area (Å²) in [6.07, 6.45) is 18.7. The lowest BCUT2D eigenvalue weighted by atomic mass is 10.0. The third-order valence-corrected chi connectivity index (χ3v) is 8.77. The minimum atomic E-state index is -0.421. The number of aliphatic hydroxyl groups is 1. The van der Waals surface area contributed by atoms with Gasteiger partial charge in [0.1, 0.15) is 18.0 Å². The Labute approximate surface area is 270 Å². The summed E-state index contributed by atoms with van der Waals surface area (Å²) in [6.45, 7) is 6.66. The summed E-state index contributed by atoms with van der Waals surface area (Å²) >= 11 is 1.20. The van der Waals surface area contributed by atoms with E-state index in [4.69, 9.17) is 19.3 Å². The van der Waals surface area contributed by atoms with Crippen LogP contribution in [0.1, 0.15) is 128 Å². The summed E-state index contributed by atoms with van der Waals surface area (Å²) < 4.78 is 27.4. The van der Waals surface area contributed by atoms with Gasteiger partial charge in [0.25, 0.3) is 12.1 Å². The summed E-state index contributed by atoms with van der Waals surface area (Å²) in [6, 6.07) is 7.93. The van der Waals surface area contributed by atoms with Gasteiger partial charge in [0.05, 0.1) is 44.6 Å². The number of quaternary nitrogens is 1. The van der Waals surface area contributed by atoms with Crippen molar-refractivity contribution in [2.75, 3.05) is 41.0 Å². The van der Waals surface area contributed by atoms with Gasteiger partial charge in [0.2, 0.25) is 0 Å². The molecule has 248 valence electrons. The lowest BCUT2D eigenvalue weighted by molar-refractivity contribution is -0.953. The zero-order valence-electron chi connectivity index (χ0n) is 28.0. The Balaban J connectivity index is 0.00000330. The highest BCUT2D eigenvalue weighted by atomic mass is 32.1. The van der Waals surface area contributed by atoms with E-state index in [1.807, 2.05) is 24.3 Å². The van der Waals surface area contributed by atoms with Crippen molar-refractivity contribution in [2.24, 2.45) is 0 Å². The number of aliphatic hydroxyl groups excluding tert-OH is 1. The third-order valence-electron chi connectivity index (χ3n) is 8.26. The molecule has 0 bridgehead atoms. The maximum absolute atomic E-state index is 13.2. The summed E-state index contributed by atoms with van der Waals surface area (Å²) in [4.78, 5) is 13.2. The molecule has 9 heteroatoms. The summed E-state index contributed by atoms with van der Waals surface area (Å²) in [5.41, 5.74) is 2.91. The summed E-state index contributed by atoms with van der Waals surface area (Å²) in [7, 11) is 4.84. The van der Waals surface area contributed by atoms with E-state index in [0.29, 0.717) is 29.9 Å². The molecule has 8 nitrogen and oxygen atoms in total. The molecular formula is C35H58N3O5S+. The van der Waals surface area contributed by atoms with Crippen LogP contribution in [0, 0.1) is 0 Å². The minimum absolute atomic E-state index is 0.124. The predicted octanol–water partition coefficient (Wildman–Crippen LogP) is 8.51. The van der Waals surface area contributed by atoms with Crippen LogP contribution in [-0.4, -0.2) is 65.3 Å². The molecule has 1 aromatic heterocycles. The molecule has 1 aliphatic rings. The van der Waals surface area contributed by atoms with Crippen molar-refractivity contribution >= 4 is 23.3 Å². The van der Waals surface area contributed by atoms with Crippen molar-refractivity contribution in [3.05, 3.63) is 41.6 Å². The number of carbonyl (C=O) groups excluding carboxylic acids is 1. The average molecular weight is 633 g/mol. The predicted molar refractivity (Wildman–Crippen MR) is 180 cm³/mol. The van der Waals surface area contributed by atoms with Crippen LogP contribution >= 0.6 is 11.7 Å². The highest BCUT2D eigenvalue weighted by Crippen LogP contribution is 2.37. The second-order valence-electron chi connectivity index (χ2n) is 11.9. The van der Waals surface area contributed by atoms with Crippen molar-refractivity contribution in [2.45, 2.75) is 116 Å². The van der Waals surface area contributed by atoms with Gasteiger partial charge in [-0.2, -0.15) is 4.37 Å². The second kappa shape index (κ2) is 22.1. The van der Waals surface area contributed by atoms with Gasteiger partial charge in [0.15, 0.2) is 0 Å². The fraction of sp³-hybridized carbons (Fsp3) is 0.686. The first-order valence-corrected chi connectivity index (χ1v) is 17.5. The van der Waals surface area contributed by atoms with E-state index in [1.165, 1.54) is 69.5 Å². The fourth-order valence-corrected chi connectivity index (χ4v) is 6.23. The SMILES string of the molecule is CCCCCCCCCCCC(=O)OC(c1ccc(OC)cc1)[N+]1(C)CCC=C(c2nsnc2OCCCCCC)C1.CO. The van der Waals surface area contributed by atoms with Gasteiger partial charge in [-0.3, -0.25) is 9.28 Å². The molecule has 1 N–H and O–H groups in total. The maximum atomic E-state index is 13.2. The minimum Gasteiger partial charge on any atom is -0.497 e. The number of carbonyl (C=O) groups is 1. The largest absolute Gasteiger partial charge is 0.497 e. The smallest absolute Gasteiger partial charge is 0.310 e. The first kappa shape index (κ1) is 37.7. The number of rotatable bonds is 21. The van der Waals surface area contributed by atoms with Crippen LogP contribution in [-0.2, 0) is 9.53 Å². The van der Waals surface area contributed by atoms with Gasteiger partial charge in [-0.25, -0.2) is 0 Å². The molecule has 2 unspecified atom stereocenters. The Morgan fingerprint density at radius 2 is 1.52 bits per heavy atom. The second-order valence-corrected chi connectivity index (χ2v) is 12.4. The molecule has 1 aromatic carbocycles. The number of nitrogens with zero attached hydrogens (tertiary/aromatic N) is 3. The van der Waals surface area contributed by atoms with Gasteiger partial charge in [-0.05, 0) is 37.1 Å². The standard InChI is InChI=1S/C34H54N3O4S.CH4O/c1-5-7-9-11-12-13-14-15-16-20-31(38)41-34(28-21-23-30(39-4)24-22-28)37(3)25-18-19-29(27-37)32-33(36-42-35-32)40-26-17-10-8-6-2;1-2/h19,21-24,34H,5-18,20,25-27H2,1-4H3;2H,1H3/q+1;. The number of ether oxygens (including phenoxy) is 3. The van der Waals surface area contributed by atoms with E-state index < -0.39 is 6.23 Å². The molecule has 0 saturated carbocycles. The van der Waals surface area contributed by atoms with Crippen LogP contribution in [0.4, 0.5) is 0 Å². The fourth-order valence-electron chi connectivity index (χ4n) is 5.69. The van der Waals surface area contributed by atoms with Crippen LogP contribution < -0.4 is 9.47 Å². The molecule has 0 fully saturated rings.